The second-order valence-corrected chi connectivity index (χ2v) is 6.43. The highest BCUT2D eigenvalue weighted by Crippen LogP contribution is 2.27. The van der Waals surface area contributed by atoms with Gasteiger partial charge in [-0.15, -0.1) is 11.3 Å². The Balaban J connectivity index is 2.85. The molecule has 86 valence electrons. The molecule has 0 spiro atoms. The van der Waals surface area contributed by atoms with E-state index in [1.54, 1.807) is 15.3 Å². The predicted octanol–water partition coefficient (Wildman–Crippen LogP) is 4.71. The average molecular weight is 224 g/mol. The molecule has 0 aromatic carbocycles. The van der Waals surface area contributed by atoms with Crippen LogP contribution in [0.1, 0.15) is 49.9 Å². The fourth-order valence-electron chi connectivity index (χ4n) is 1.86. The summed E-state index contributed by atoms with van der Waals surface area (Å²) >= 11 is 2.03. The third kappa shape index (κ3) is 3.98. The number of thiophene rings is 1. The van der Waals surface area contributed by atoms with Gasteiger partial charge in [-0.2, -0.15) is 0 Å². The van der Waals surface area contributed by atoms with E-state index in [1.165, 1.54) is 19.3 Å². The second-order valence-electron chi connectivity index (χ2n) is 5.21. The van der Waals surface area contributed by atoms with Crippen LogP contribution in [0.2, 0.25) is 0 Å². The molecule has 1 aromatic rings. The van der Waals surface area contributed by atoms with Gasteiger partial charge >= 0.3 is 0 Å². The summed E-state index contributed by atoms with van der Waals surface area (Å²) < 4.78 is 0. The predicted molar refractivity (Wildman–Crippen MR) is 70.8 cm³/mol. The maximum Gasteiger partial charge on any atom is 0.00828 e. The van der Waals surface area contributed by atoms with E-state index in [0.717, 1.165) is 11.8 Å². The zero-order valence-electron chi connectivity index (χ0n) is 10.8. The summed E-state index contributed by atoms with van der Waals surface area (Å²) in [7, 11) is 0. The Labute approximate surface area is 98.7 Å². The molecular formula is C14H24S. The number of aryl methyl sites for hydroxylation is 1. The molecule has 1 rings (SSSR count). The minimum absolute atomic E-state index is 0.773. The lowest BCUT2D eigenvalue weighted by Crippen LogP contribution is -1.99. The van der Waals surface area contributed by atoms with Crippen molar-refractivity contribution in [1.82, 2.24) is 0 Å². The fraction of sp³-hybridized carbons (Fsp3) is 0.714. The van der Waals surface area contributed by atoms with Crippen LogP contribution in [0.3, 0.4) is 0 Å². The third-order valence-electron chi connectivity index (χ3n) is 2.52. The van der Waals surface area contributed by atoms with Crippen LogP contribution in [0.5, 0.6) is 0 Å². The van der Waals surface area contributed by atoms with Gasteiger partial charge in [-0.3, -0.25) is 0 Å². The Morgan fingerprint density at radius 2 is 1.67 bits per heavy atom. The lowest BCUT2D eigenvalue weighted by Gasteiger charge is -2.08. The largest absolute Gasteiger partial charge is 0.145 e. The van der Waals surface area contributed by atoms with Crippen LogP contribution < -0.4 is 0 Å². The molecule has 0 saturated carbocycles. The van der Waals surface area contributed by atoms with E-state index in [1.807, 2.05) is 11.3 Å². The standard InChI is InChI=1S/C14H24S/c1-6-13-9-12(7-10(2)3)14(15-13)8-11(4)5/h9-11H,6-8H2,1-5H3. The molecule has 15 heavy (non-hydrogen) atoms. The van der Waals surface area contributed by atoms with E-state index in [0.29, 0.717) is 0 Å². The maximum atomic E-state index is 2.43. The molecule has 0 N–H and O–H groups in total. The minimum atomic E-state index is 0.773. The zero-order valence-corrected chi connectivity index (χ0v) is 11.6. The summed E-state index contributed by atoms with van der Waals surface area (Å²) in [5.41, 5.74) is 1.61. The van der Waals surface area contributed by atoms with E-state index in [2.05, 4.69) is 40.7 Å². The van der Waals surface area contributed by atoms with Gasteiger partial charge in [0.1, 0.15) is 0 Å². The van der Waals surface area contributed by atoms with Gasteiger partial charge in [0.05, 0.1) is 0 Å². The maximum absolute atomic E-state index is 2.43. The molecule has 0 aliphatic rings. The van der Waals surface area contributed by atoms with Gasteiger partial charge in [0.15, 0.2) is 0 Å². The summed E-state index contributed by atoms with van der Waals surface area (Å²) in [5, 5.41) is 0. The molecule has 0 aliphatic carbocycles. The first-order chi connectivity index (χ1) is 7.02. The summed E-state index contributed by atoms with van der Waals surface area (Å²) in [6.45, 7) is 11.5. The molecule has 0 nitrogen and oxygen atoms in total. The average Bonchev–Trinajstić information content (AvgIpc) is 2.46. The van der Waals surface area contributed by atoms with Crippen LogP contribution in [0, 0.1) is 11.8 Å². The van der Waals surface area contributed by atoms with E-state index in [9.17, 15) is 0 Å². The first kappa shape index (κ1) is 12.8. The van der Waals surface area contributed by atoms with Crippen molar-refractivity contribution in [3.05, 3.63) is 21.4 Å². The van der Waals surface area contributed by atoms with Crippen LogP contribution >= 0.6 is 11.3 Å². The monoisotopic (exact) mass is 224 g/mol. The molecule has 0 aliphatic heterocycles. The van der Waals surface area contributed by atoms with Crippen LogP contribution in [0.15, 0.2) is 6.07 Å². The first-order valence-electron chi connectivity index (χ1n) is 6.13. The third-order valence-corrected chi connectivity index (χ3v) is 3.86. The van der Waals surface area contributed by atoms with Crippen molar-refractivity contribution in [1.29, 1.82) is 0 Å². The van der Waals surface area contributed by atoms with Crippen LogP contribution in [0.4, 0.5) is 0 Å². The lowest BCUT2D eigenvalue weighted by atomic mass is 9.99. The molecule has 0 atom stereocenters. The molecule has 1 heterocycles. The van der Waals surface area contributed by atoms with E-state index < -0.39 is 0 Å². The van der Waals surface area contributed by atoms with Gasteiger partial charge in [-0.1, -0.05) is 34.6 Å². The fourth-order valence-corrected chi connectivity index (χ4v) is 3.21. The molecule has 1 aromatic heterocycles. The first-order valence-corrected chi connectivity index (χ1v) is 6.95. The normalized spacial score (nSPS) is 11.7. The SMILES string of the molecule is CCc1cc(CC(C)C)c(CC(C)C)s1. The van der Waals surface area contributed by atoms with Gasteiger partial charge in [0.2, 0.25) is 0 Å². The summed E-state index contributed by atoms with van der Waals surface area (Å²) in [4.78, 5) is 3.19. The van der Waals surface area contributed by atoms with Crippen molar-refractivity contribution in [2.45, 2.75) is 53.9 Å². The Bertz CT molecular complexity index is 267. The smallest absolute Gasteiger partial charge is 0.00828 e. The zero-order chi connectivity index (χ0) is 11.4. The summed E-state index contributed by atoms with van der Waals surface area (Å²) in [6.07, 6.45) is 3.69. The van der Waals surface area contributed by atoms with E-state index >= 15 is 0 Å². The molecular weight excluding hydrogens is 200 g/mol. The summed E-state index contributed by atoms with van der Waals surface area (Å²) in [6, 6.07) is 2.43. The second kappa shape index (κ2) is 5.69. The Hall–Kier alpha value is -0.300. The van der Waals surface area contributed by atoms with Gasteiger partial charge in [-0.05, 0) is 42.7 Å². The quantitative estimate of drug-likeness (QED) is 0.679. The minimum Gasteiger partial charge on any atom is -0.145 e. The van der Waals surface area contributed by atoms with Crippen molar-refractivity contribution in [3.8, 4) is 0 Å². The van der Waals surface area contributed by atoms with E-state index in [4.69, 9.17) is 0 Å². The van der Waals surface area contributed by atoms with Crippen molar-refractivity contribution < 1.29 is 0 Å². The number of rotatable bonds is 5. The summed E-state index contributed by atoms with van der Waals surface area (Å²) in [5.74, 6) is 1.55. The van der Waals surface area contributed by atoms with Gasteiger partial charge < -0.3 is 0 Å². The highest BCUT2D eigenvalue weighted by atomic mass is 32.1. The number of hydrogen-bond acceptors (Lipinski definition) is 1. The molecule has 0 unspecified atom stereocenters. The van der Waals surface area contributed by atoms with E-state index in [-0.39, 0.29) is 0 Å². The Morgan fingerprint density at radius 1 is 1.07 bits per heavy atom. The van der Waals surface area contributed by atoms with Crippen molar-refractivity contribution in [2.24, 2.45) is 11.8 Å². The van der Waals surface area contributed by atoms with Gasteiger partial charge in [0, 0.05) is 9.75 Å². The molecule has 0 bridgehead atoms. The molecule has 1 heteroatoms. The van der Waals surface area contributed by atoms with Crippen molar-refractivity contribution >= 4 is 11.3 Å². The van der Waals surface area contributed by atoms with Crippen LogP contribution in [-0.2, 0) is 19.3 Å². The van der Waals surface area contributed by atoms with Gasteiger partial charge in [-0.25, -0.2) is 0 Å². The topological polar surface area (TPSA) is 0 Å². The van der Waals surface area contributed by atoms with Crippen molar-refractivity contribution in [2.75, 3.05) is 0 Å². The highest BCUT2D eigenvalue weighted by molar-refractivity contribution is 7.12. The molecule has 0 radical (unpaired) electrons. The molecule has 0 fully saturated rings. The lowest BCUT2D eigenvalue weighted by molar-refractivity contribution is 0.622. The van der Waals surface area contributed by atoms with Crippen LogP contribution in [0.25, 0.3) is 0 Å². The molecule has 0 amide bonds. The van der Waals surface area contributed by atoms with Crippen molar-refractivity contribution in [3.63, 3.8) is 0 Å². The van der Waals surface area contributed by atoms with Crippen LogP contribution in [-0.4, -0.2) is 0 Å². The van der Waals surface area contributed by atoms with Gasteiger partial charge in [0.25, 0.3) is 0 Å². The Kier molecular flexibility index (Phi) is 4.85. The Morgan fingerprint density at radius 3 is 2.13 bits per heavy atom. The highest BCUT2D eigenvalue weighted by Gasteiger charge is 2.10. The molecule has 0 saturated heterocycles. The number of hydrogen-bond donors (Lipinski definition) is 0.